The zero-order valence-corrected chi connectivity index (χ0v) is 13.4. The fourth-order valence-corrected chi connectivity index (χ4v) is 3.66. The third kappa shape index (κ3) is 3.18. The van der Waals surface area contributed by atoms with Crippen LogP contribution in [-0.2, 0) is 0 Å². The molecule has 6 nitrogen and oxygen atoms in total. The lowest BCUT2D eigenvalue weighted by molar-refractivity contribution is 0.0734. The lowest BCUT2D eigenvalue weighted by Crippen LogP contribution is -2.40. The Bertz CT molecular complexity index is 721. The van der Waals surface area contributed by atoms with Crippen molar-refractivity contribution in [1.29, 1.82) is 0 Å². The average Bonchev–Trinajstić information content (AvgIpc) is 2.56. The quantitative estimate of drug-likeness (QED) is 0.590. The van der Waals surface area contributed by atoms with Crippen LogP contribution in [0.3, 0.4) is 0 Å². The second-order valence-corrected chi connectivity index (χ2v) is 6.92. The van der Waals surface area contributed by atoms with Crippen LogP contribution in [-0.4, -0.2) is 28.3 Å². The van der Waals surface area contributed by atoms with Crippen molar-refractivity contribution in [2.75, 3.05) is 18.1 Å². The molecule has 3 rings (SSSR count). The summed E-state index contributed by atoms with van der Waals surface area (Å²) in [5, 5.41) is 0. The van der Waals surface area contributed by atoms with Crippen LogP contribution in [0, 0.1) is 0 Å². The van der Waals surface area contributed by atoms with E-state index in [-0.39, 0.29) is 5.75 Å². The maximum atomic E-state index is 12.1. The summed E-state index contributed by atoms with van der Waals surface area (Å²) in [5.41, 5.74) is 1.16. The van der Waals surface area contributed by atoms with Crippen LogP contribution in [0.5, 0.6) is 5.75 Å². The van der Waals surface area contributed by atoms with Gasteiger partial charge in [0, 0.05) is 12.6 Å². The van der Waals surface area contributed by atoms with E-state index >= 15 is 0 Å². The van der Waals surface area contributed by atoms with Crippen molar-refractivity contribution in [2.24, 2.45) is 0 Å². The van der Waals surface area contributed by atoms with Crippen molar-refractivity contribution in [1.82, 2.24) is 4.72 Å². The summed E-state index contributed by atoms with van der Waals surface area (Å²) in [6.07, 6.45) is 0. The van der Waals surface area contributed by atoms with Crippen LogP contribution < -0.4 is 14.4 Å². The van der Waals surface area contributed by atoms with Crippen LogP contribution >= 0.6 is 10.8 Å². The van der Waals surface area contributed by atoms with Gasteiger partial charge in [0.25, 0.3) is 0 Å². The van der Waals surface area contributed by atoms with Crippen LogP contribution in [0.2, 0.25) is 0 Å². The highest BCUT2D eigenvalue weighted by atomic mass is 32.3. The van der Waals surface area contributed by atoms with Gasteiger partial charge in [-0.15, -0.1) is 10.8 Å². The molecule has 3 N–H and O–H groups in total. The van der Waals surface area contributed by atoms with E-state index < -0.39 is 16.7 Å². The van der Waals surface area contributed by atoms with E-state index in [1.807, 2.05) is 17.9 Å². The minimum atomic E-state index is -3.09. The average molecular weight is 334 g/mol. The Kier molecular flexibility index (Phi) is 4.27. The topological polar surface area (TPSA) is 82.0 Å². The molecule has 2 aromatic rings. The second-order valence-electron chi connectivity index (χ2n) is 5.09. The molecule has 0 unspecified atom stereocenters. The van der Waals surface area contributed by atoms with Gasteiger partial charge in [-0.3, -0.25) is 9.11 Å². The highest BCUT2D eigenvalue weighted by molar-refractivity contribution is 8.22. The fraction of sp³-hybridized carbons (Fsp3) is 0.188. The van der Waals surface area contributed by atoms with Gasteiger partial charge < -0.3 is 9.64 Å². The number of carbonyl (C=O) groups excluding carboxylic acids is 1. The summed E-state index contributed by atoms with van der Waals surface area (Å²) >= 11 is 0. The number of rotatable bonds is 3. The second kappa shape index (κ2) is 6.21. The number of anilines is 1. The van der Waals surface area contributed by atoms with E-state index in [9.17, 15) is 13.9 Å². The van der Waals surface area contributed by atoms with Crippen LogP contribution in [0.15, 0.2) is 53.4 Å². The molecule has 0 aromatic heterocycles. The number of esters is 1. The highest BCUT2D eigenvalue weighted by Gasteiger charge is 2.28. The SMILES string of the molecule is CCN1CNS(O)(O)c2cc(OC(=O)c3ccccc3)ccc21. The lowest BCUT2D eigenvalue weighted by atomic mass is 10.2. The van der Waals surface area contributed by atoms with Crippen molar-refractivity contribution in [3.63, 3.8) is 0 Å². The number of ether oxygens (including phenoxy) is 1. The summed E-state index contributed by atoms with van der Waals surface area (Å²) in [6.45, 7) is 3.06. The molecule has 0 bridgehead atoms. The number of nitrogens with one attached hydrogen (secondary N) is 1. The van der Waals surface area contributed by atoms with Gasteiger partial charge in [0.15, 0.2) is 0 Å². The van der Waals surface area contributed by atoms with Crippen molar-refractivity contribution < 1.29 is 18.6 Å². The van der Waals surface area contributed by atoms with Gasteiger partial charge in [0.2, 0.25) is 0 Å². The molecule has 122 valence electrons. The first-order valence-corrected chi connectivity index (χ1v) is 8.75. The molecule has 2 aromatic carbocycles. The molecular weight excluding hydrogens is 316 g/mol. The lowest BCUT2D eigenvalue weighted by Gasteiger charge is -2.43. The molecule has 23 heavy (non-hydrogen) atoms. The largest absolute Gasteiger partial charge is 0.423 e. The van der Waals surface area contributed by atoms with Gasteiger partial charge >= 0.3 is 5.97 Å². The Morgan fingerprint density at radius 3 is 2.70 bits per heavy atom. The maximum absolute atomic E-state index is 12.1. The number of benzene rings is 2. The third-order valence-electron chi connectivity index (χ3n) is 3.64. The van der Waals surface area contributed by atoms with E-state index in [0.29, 0.717) is 17.1 Å². The number of hydrogen-bond donors (Lipinski definition) is 3. The summed E-state index contributed by atoms with van der Waals surface area (Å²) < 4.78 is 28.4. The summed E-state index contributed by atoms with van der Waals surface area (Å²) in [5.74, 6) is -0.213. The molecule has 7 heteroatoms. The molecule has 1 heterocycles. The standard InChI is InChI=1S/C16H18N2O4S/c1-2-18-11-17-23(20,21)15-10-13(8-9-14(15)18)22-16(19)12-6-4-3-5-7-12/h3-10,17,20-21H,2,11H2,1H3. The highest BCUT2D eigenvalue weighted by Crippen LogP contribution is 2.52. The molecule has 0 atom stereocenters. The van der Waals surface area contributed by atoms with Crippen molar-refractivity contribution in [3.05, 3.63) is 54.1 Å². The third-order valence-corrected chi connectivity index (χ3v) is 5.11. The minimum Gasteiger partial charge on any atom is -0.423 e. The van der Waals surface area contributed by atoms with Gasteiger partial charge in [-0.25, -0.2) is 4.79 Å². The van der Waals surface area contributed by atoms with Crippen molar-refractivity contribution in [2.45, 2.75) is 11.8 Å². The molecule has 0 aliphatic carbocycles. The number of fused-ring (bicyclic) bond motifs is 1. The summed E-state index contributed by atoms with van der Waals surface area (Å²) in [6, 6.07) is 13.5. The Morgan fingerprint density at radius 1 is 1.26 bits per heavy atom. The molecule has 0 radical (unpaired) electrons. The first-order chi connectivity index (χ1) is 11.0. The Hall–Kier alpha value is -2.06. The van der Waals surface area contributed by atoms with E-state index in [2.05, 4.69) is 4.72 Å². The number of nitrogens with zero attached hydrogens (tertiary/aromatic N) is 1. The summed E-state index contributed by atoms with van der Waals surface area (Å²) in [7, 11) is -3.09. The van der Waals surface area contributed by atoms with Crippen LogP contribution in [0.25, 0.3) is 0 Å². The zero-order valence-electron chi connectivity index (χ0n) is 12.6. The van der Waals surface area contributed by atoms with E-state index in [4.69, 9.17) is 4.74 Å². The van der Waals surface area contributed by atoms with Gasteiger partial charge in [-0.05, 0) is 31.2 Å². The minimum absolute atomic E-state index is 0.275. The molecule has 0 amide bonds. The van der Waals surface area contributed by atoms with Crippen LogP contribution in [0.4, 0.5) is 5.69 Å². The van der Waals surface area contributed by atoms with Gasteiger partial charge in [-0.2, -0.15) is 4.72 Å². The molecule has 0 spiro atoms. The smallest absolute Gasteiger partial charge is 0.343 e. The molecule has 0 saturated carbocycles. The van der Waals surface area contributed by atoms with Gasteiger partial charge in [0.1, 0.15) is 10.6 Å². The normalized spacial score (nSPS) is 17.3. The first-order valence-electron chi connectivity index (χ1n) is 7.20. The van der Waals surface area contributed by atoms with Crippen molar-refractivity contribution >= 4 is 22.4 Å². The monoisotopic (exact) mass is 334 g/mol. The molecular formula is C16H18N2O4S. The van der Waals surface area contributed by atoms with E-state index in [1.54, 1.807) is 36.4 Å². The predicted octanol–water partition coefficient (Wildman–Crippen LogP) is 3.32. The number of carbonyl (C=O) groups is 1. The van der Waals surface area contributed by atoms with E-state index in [0.717, 1.165) is 12.2 Å². The van der Waals surface area contributed by atoms with Crippen LogP contribution in [0.1, 0.15) is 17.3 Å². The Morgan fingerprint density at radius 2 is 2.00 bits per heavy atom. The van der Waals surface area contributed by atoms with E-state index in [1.165, 1.54) is 6.07 Å². The number of hydrogen-bond acceptors (Lipinski definition) is 6. The molecule has 1 aliphatic heterocycles. The molecule has 0 saturated heterocycles. The summed E-state index contributed by atoms with van der Waals surface area (Å²) in [4.78, 5) is 14.4. The van der Waals surface area contributed by atoms with Gasteiger partial charge in [-0.1, -0.05) is 18.2 Å². The van der Waals surface area contributed by atoms with Gasteiger partial charge in [0.05, 0.1) is 17.9 Å². The molecule has 1 aliphatic rings. The first kappa shape index (κ1) is 15.8. The Balaban J connectivity index is 1.89. The predicted molar refractivity (Wildman–Crippen MR) is 90.0 cm³/mol. The maximum Gasteiger partial charge on any atom is 0.343 e. The Labute approximate surface area is 136 Å². The fourth-order valence-electron chi connectivity index (χ4n) is 2.40. The molecule has 0 fully saturated rings. The zero-order chi connectivity index (χ0) is 16.4. The van der Waals surface area contributed by atoms with Crippen molar-refractivity contribution in [3.8, 4) is 5.75 Å².